The van der Waals surface area contributed by atoms with Gasteiger partial charge in [-0.05, 0) is 31.5 Å². The molecule has 1 aromatic carbocycles. The number of aliphatic imine (C=N–C) groups is 1. The number of rotatable bonds is 6. The summed E-state index contributed by atoms with van der Waals surface area (Å²) in [6.45, 7) is 5.13. The van der Waals surface area contributed by atoms with Gasteiger partial charge in [0.15, 0.2) is 5.96 Å². The lowest BCUT2D eigenvalue weighted by Crippen LogP contribution is -2.40. The molecular formula is C16H26ClIN4O. The summed E-state index contributed by atoms with van der Waals surface area (Å²) < 4.78 is 0. The molecule has 0 bridgehead atoms. The van der Waals surface area contributed by atoms with E-state index < -0.39 is 0 Å². The van der Waals surface area contributed by atoms with Crippen molar-refractivity contribution in [2.75, 3.05) is 20.6 Å². The summed E-state index contributed by atoms with van der Waals surface area (Å²) >= 11 is 5.99. The van der Waals surface area contributed by atoms with Gasteiger partial charge in [0.2, 0.25) is 5.91 Å². The first kappa shape index (κ1) is 22.0. The van der Waals surface area contributed by atoms with Gasteiger partial charge in [0, 0.05) is 44.7 Å². The van der Waals surface area contributed by atoms with Crippen LogP contribution in [-0.4, -0.2) is 43.4 Å². The van der Waals surface area contributed by atoms with E-state index in [1.165, 1.54) is 0 Å². The van der Waals surface area contributed by atoms with Crippen LogP contribution in [0.4, 0.5) is 0 Å². The summed E-state index contributed by atoms with van der Waals surface area (Å²) in [5.74, 6) is 0.785. The van der Waals surface area contributed by atoms with Crippen LogP contribution in [0.25, 0.3) is 0 Å². The molecule has 7 heteroatoms. The third-order valence-electron chi connectivity index (χ3n) is 2.97. The molecule has 5 nitrogen and oxygen atoms in total. The van der Waals surface area contributed by atoms with Gasteiger partial charge in [-0.1, -0.05) is 23.7 Å². The van der Waals surface area contributed by atoms with Crippen LogP contribution in [0.5, 0.6) is 0 Å². The van der Waals surface area contributed by atoms with Gasteiger partial charge in [-0.2, -0.15) is 0 Å². The number of hydrogen-bond donors (Lipinski definition) is 2. The monoisotopic (exact) mass is 452 g/mol. The van der Waals surface area contributed by atoms with Crippen LogP contribution < -0.4 is 10.6 Å². The molecule has 0 aliphatic carbocycles. The van der Waals surface area contributed by atoms with Gasteiger partial charge < -0.3 is 15.5 Å². The Morgan fingerprint density at radius 3 is 2.65 bits per heavy atom. The molecule has 1 aromatic rings. The average Bonchev–Trinajstić information content (AvgIpc) is 2.42. The van der Waals surface area contributed by atoms with Crippen LogP contribution >= 0.6 is 35.6 Å². The van der Waals surface area contributed by atoms with E-state index in [1.54, 1.807) is 7.05 Å². The number of nitrogens with one attached hydrogen (secondary N) is 2. The van der Waals surface area contributed by atoms with Crippen LogP contribution in [0.1, 0.15) is 25.8 Å². The second-order valence-corrected chi connectivity index (χ2v) is 5.87. The van der Waals surface area contributed by atoms with Crippen molar-refractivity contribution >= 4 is 47.4 Å². The highest BCUT2D eigenvalue weighted by Gasteiger charge is 2.08. The highest BCUT2D eigenvalue weighted by atomic mass is 127. The van der Waals surface area contributed by atoms with Crippen molar-refractivity contribution in [1.82, 2.24) is 15.5 Å². The van der Waals surface area contributed by atoms with Gasteiger partial charge in [-0.15, -0.1) is 24.0 Å². The quantitative estimate of drug-likeness (QED) is 0.396. The lowest BCUT2D eigenvalue weighted by Gasteiger charge is -2.22. The van der Waals surface area contributed by atoms with Gasteiger partial charge in [0.05, 0.1) is 0 Å². The maximum absolute atomic E-state index is 11.6. The Labute approximate surface area is 160 Å². The number of amides is 1. The highest BCUT2D eigenvalue weighted by Crippen LogP contribution is 2.12. The summed E-state index contributed by atoms with van der Waals surface area (Å²) in [5.41, 5.74) is 1.11. The molecule has 1 rings (SSSR count). The summed E-state index contributed by atoms with van der Waals surface area (Å²) in [4.78, 5) is 17.8. The number of hydrogen-bond acceptors (Lipinski definition) is 2. The summed E-state index contributed by atoms with van der Waals surface area (Å²) in [6.07, 6.45) is 0.419. The molecule has 130 valence electrons. The SMILES string of the molecule is CN=C(NCCC(=O)NC(C)C)N(C)Cc1cccc(Cl)c1.I. The van der Waals surface area contributed by atoms with Crippen LogP contribution in [-0.2, 0) is 11.3 Å². The fourth-order valence-corrected chi connectivity index (χ4v) is 2.26. The third kappa shape index (κ3) is 9.00. The Hall–Kier alpha value is -1.02. The van der Waals surface area contributed by atoms with E-state index in [9.17, 15) is 4.79 Å². The molecule has 23 heavy (non-hydrogen) atoms. The zero-order valence-corrected chi connectivity index (χ0v) is 17.2. The van der Waals surface area contributed by atoms with Crippen molar-refractivity contribution < 1.29 is 4.79 Å². The van der Waals surface area contributed by atoms with Gasteiger partial charge in [0.25, 0.3) is 0 Å². The van der Waals surface area contributed by atoms with Gasteiger partial charge in [-0.25, -0.2) is 0 Å². The van der Waals surface area contributed by atoms with Crippen molar-refractivity contribution in [2.24, 2.45) is 4.99 Å². The molecule has 0 spiro atoms. The van der Waals surface area contributed by atoms with E-state index in [1.807, 2.05) is 50.1 Å². The molecule has 0 aromatic heterocycles. The predicted molar refractivity (Wildman–Crippen MR) is 108 cm³/mol. The Morgan fingerprint density at radius 1 is 1.39 bits per heavy atom. The zero-order chi connectivity index (χ0) is 16.5. The smallest absolute Gasteiger partial charge is 0.221 e. The van der Waals surface area contributed by atoms with Crippen LogP contribution in [0, 0.1) is 0 Å². The molecule has 0 saturated heterocycles. The molecule has 0 unspecified atom stereocenters. The number of nitrogens with zero attached hydrogens (tertiary/aromatic N) is 2. The first-order chi connectivity index (χ1) is 10.4. The average molecular weight is 453 g/mol. The number of carbonyl (C=O) groups excluding carboxylic acids is 1. The minimum atomic E-state index is 0. The second kappa shape index (κ2) is 11.5. The Bertz CT molecular complexity index is 523. The van der Waals surface area contributed by atoms with Crippen molar-refractivity contribution in [2.45, 2.75) is 32.9 Å². The summed E-state index contributed by atoms with van der Waals surface area (Å²) in [6, 6.07) is 7.90. The Morgan fingerprint density at radius 2 is 2.09 bits per heavy atom. The van der Waals surface area contributed by atoms with E-state index in [2.05, 4.69) is 15.6 Å². The summed E-state index contributed by atoms with van der Waals surface area (Å²) in [7, 11) is 3.68. The van der Waals surface area contributed by atoms with Crippen LogP contribution in [0.3, 0.4) is 0 Å². The molecule has 1 amide bonds. The number of carbonyl (C=O) groups is 1. The fourth-order valence-electron chi connectivity index (χ4n) is 2.05. The molecule has 0 atom stereocenters. The van der Waals surface area contributed by atoms with Crippen LogP contribution in [0.2, 0.25) is 5.02 Å². The molecule has 0 radical (unpaired) electrons. The van der Waals surface area contributed by atoms with E-state index in [0.717, 1.165) is 16.5 Å². The maximum atomic E-state index is 11.6. The minimum absolute atomic E-state index is 0. The first-order valence-electron chi connectivity index (χ1n) is 7.38. The normalized spacial score (nSPS) is 11.0. The Balaban J connectivity index is 0.00000484. The highest BCUT2D eigenvalue weighted by molar-refractivity contribution is 14.0. The van der Waals surface area contributed by atoms with Crippen molar-refractivity contribution in [3.63, 3.8) is 0 Å². The van der Waals surface area contributed by atoms with Crippen LogP contribution in [0.15, 0.2) is 29.3 Å². The molecule has 0 fully saturated rings. The number of benzene rings is 1. The van der Waals surface area contributed by atoms with E-state index in [0.29, 0.717) is 19.5 Å². The molecule has 2 N–H and O–H groups in total. The largest absolute Gasteiger partial charge is 0.356 e. The second-order valence-electron chi connectivity index (χ2n) is 5.43. The van der Waals surface area contributed by atoms with E-state index in [4.69, 9.17) is 11.6 Å². The molecule has 0 heterocycles. The van der Waals surface area contributed by atoms with E-state index in [-0.39, 0.29) is 35.9 Å². The zero-order valence-electron chi connectivity index (χ0n) is 14.1. The van der Waals surface area contributed by atoms with Gasteiger partial charge in [0.1, 0.15) is 0 Å². The third-order valence-corrected chi connectivity index (χ3v) is 3.20. The molecule has 0 saturated carbocycles. The first-order valence-corrected chi connectivity index (χ1v) is 7.75. The molecule has 0 aliphatic rings. The molecular weight excluding hydrogens is 427 g/mol. The lowest BCUT2D eigenvalue weighted by atomic mass is 10.2. The minimum Gasteiger partial charge on any atom is -0.356 e. The predicted octanol–water partition coefficient (Wildman–Crippen LogP) is 2.88. The van der Waals surface area contributed by atoms with Gasteiger partial charge in [-0.3, -0.25) is 9.79 Å². The van der Waals surface area contributed by atoms with Crippen molar-refractivity contribution in [3.05, 3.63) is 34.9 Å². The van der Waals surface area contributed by atoms with E-state index >= 15 is 0 Å². The van der Waals surface area contributed by atoms with Crippen molar-refractivity contribution in [3.8, 4) is 0 Å². The molecule has 0 aliphatic heterocycles. The standard InChI is InChI=1S/C16H25ClN4O.HI/c1-12(2)20-15(22)8-9-19-16(18-3)21(4)11-13-6-5-7-14(17)10-13;/h5-7,10,12H,8-9,11H2,1-4H3,(H,18,19)(H,20,22);1H. The maximum Gasteiger partial charge on any atom is 0.221 e. The lowest BCUT2D eigenvalue weighted by molar-refractivity contribution is -0.121. The summed E-state index contributed by atoms with van der Waals surface area (Å²) in [5, 5.41) is 6.77. The van der Waals surface area contributed by atoms with Crippen molar-refractivity contribution in [1.29, 1.82) is 0 Å². The Kier molecular flexibility index (Phi) is 11.0. The fraction of sp³-hybridized carbons (Fsp3) is 0.500. The van der Waals surface area contributed by atoms with Gasteiger partial charge >= 0.3 is 0 Å². The topological polar surface area (TPSA) is 56.7 Å². The number of halogens is 2. The number of guanidine groups is 1.